The van der Waals surface area contributed by atoms with Crippen LogP contribution in [-0.4, -0.2) is 47.8 Å². The molecule has 1 atom stereocenters. The van der Waals surface area contributed by atoms with Crippen molar-refractivity contribution >= 4 is 17.7 Å². The van der Waals surface area contributed by atoms with Crippen LogP contribution in [-0.2, 0) is 14.4 Å². The zero-order valence-electron chi connectivity index (χ0n) is 11.9. The van der Waals surface area contributed by atoms with Gasteiger partial charge in [0.15, 0.2) is 0 Å². The first-order chi connectivity index (χ1) is 9.04. The summed E-state index contributed by atoms with van der Waals surface area (Å²) in [6, 6.07) is -0.591. The summed E-state index contributed by atoms with van der Waals surface area (Å²) < 4.78 is 0. The summed E-state index contributed by atoms with van der Waals surface area (Å²) in [5, 5.41) is 5.50. The molecule has 6 nitrogen and oxygen atoms in total. The van der Waals surface area contributed by atoms with Crippen molar-refractivity contribution in [3.63, 3.8) is 0 Å². The molecule has 0 aromatic carbocycles. The van der Waals surface area contributed by atoms with Crippen molar-refractivity contribution in [2.75, 3.05) is 13.1 Å². The number of imide groups is 1. The summed E-state index contributed by atoms with van der Waals surface area (Å²) in [5.74, 6) is -0.515. The Morgan fingerprint density at radius 1 is 1.32 bits per heavy atom. The highest BCUT2D eigenvalue weighted by Crippen LogP contribution is 2.19. The summed E-state index contributed by atoms with van der Waals surface area (Å²) in [6.45, 7) is 6.37. The Kier molecular flexibility index (Phi) is 5.95. The van der Waals surface area contributed by atoms with Gasteiger partial charge in [-0.2, -0.15) is 0 Å². The van der Waals surface area contributed by atoms with E-state index in [0.29, 0.717) is 6.54 Å². The number of amides is 3. The van der Waals surface area contributed by atoms with Gasteiger partial charge in [-0.15, -0.1) is 0 Å². The lowest BCUT2D eigenvalue weighted by atomic mass is 10.1. The summed E-state index contributed by atoms with van der Waals surface area (Å²) in [4.78, 5) is 36.7. The Balaban J connectivity index is 2.58. The lowest BCUT2D eigenvalue weighted by Crippen LogP contribution is -2.46. The molecule has 0 aromatic rings. The predicted octanol–water partition coefficient (Wildman–Crippen LogP) is 0.0282. The third-order valence-electron chi connectivity index (χ3n) is 3.37. The predicted molar refractivity (Wildman–Crippen MR) is 71.3 cm³/mol. The van der Waals surface area contributed by atoms with Crippen molar-refractivity contribution in [3.05, 3.63) is 0 Å². The minimum atomic E-state index is -0.560. The van der Waals surface area contributed by atoms with E-state index in [-0.39, 0.29) is 36.7 Å². The molecule has 1 heterocycles. The Labute approximate surface area is 113 Å². The highest BCUT2D eigenvalue weighted by atomic mass is 16.2. The number of nitrogens with zero attached hydrogens (tertiary/aromatic N) is 1. The smallest absolute Gasteiger partial charge is 0.247 e. The molecular weight excluding hydrogens is 246 g/mol. The molecule has 108 valence electrons. The molecular formula is C13H23N3O3. The van der Waals surface area contributed by atoms with Gasteiger partial charge in [-0.3, -0.25) is 24.6 Å². The summed E-state index contributed by atoms with van der Waals surface area (Å²) >= 11 is 0. The van der Waals surface area contributed by atoms with E-state index in [4.69, 9.17) is 0 Å². The van der Waals surface area contributed by atoms with E-state index < -0.39 is 6.04 Å². The molecule has 19 heavy (non-hydrogen) atoms. The molecule has 0 saturated carbocycles. The van der Waals surface area contributed by atoms with Gasteiger partial charge in [0.1, 0.15) is 0 Å². The monoisotopic (exact) mass is 269 g/mol. The van der Waals surface area contributed by atoms with Crippen molar-refractivity contribution in [2.24, 2.45) is 0 Å². The molecule has 2 N–H and O–H groups in total. The van der Waals surface area contributed by atoms with Gasteiger partial charge >= 0.3 is 0 Å². The van der Waals surface area contributed by atoms with Crippen molar-refractivity contribution in [3.8, 4) is 0 Å². The molecule has 0 bridgehead atoms. The largest absolute Gasteiger partial charge is 0.355 e. The second kappa shape index (κ2) is 7.23. The van der Waals surface area contributed by atoms with E-state index in [2.05, 4.69) is 10.6 Å². The van der Waals surface area contributed by atoms with Crippen LogP contribution in [0.1, 0.15) is 40.0 Å². The van der Waals surface area contributed by atoms with E-state index >= 15 is 0 Å². The fourth-order valence-corrected chi connectivity index (χ4v) is 2.32. The van der Waals surface area contributed by atoms with Crippen LogP contribution in [0.25, 0.3) is 0 Å². The molecule has 1 aliphatic heterocycles. The van der Waals surface area contributed by atoms with E-state index in [1.54, 1.807) is 0 Å². The highest BCUT2D eigenvalue weighted by molar-refractivity contribution is 6.06. The van der Waals surface area contributed by atoms with Crippen LogP contribution in [0.5, 0.6) is 0 Å². The van der Waals surface area contributed by atoms with Gasteiger partial charge in [0.05, 0.1) is 19.0 Å². The number of nitrogens with one attached hydrogen (secondary N) is 2. The summed E-state index contributed by atoms with van der Waals surface area (Å²) in [5.41, 5.74) is 0. The lowest BCUT2D eigenvalue weighted by molar-refractivity contribution is -0.141. The second-order valence-electron chi connectivity index (χ2n) is 4.66. The molecule has 0 spiro atoms. The van der Waals surface area contributed by atoms with E-state index in [0.717, 1.165) is 12.8 Å². The van der Waals surface area contributed by atoms with Gasteiger partial charge in [-0.05, 0) is 19.8 Å². The second-order valence-corrected chi connectivity index (χ2v) is 4.66. The van der Waals surface area contributed by atoms with Crippen LogP contribution in [0.2, 0.25) is 0 Å². The van der Waals surface area contributed by atoms with Crippen LogP contribution in [0.15, 0.2) is 0 Å². The van der Waals surface area contributed by atoms with Crippen LogP contribution in [0.4, 0.5) is 0 Å². The molecule has 6 heteroatoms. The molecule has 3 amide bonds. The van der Waals surface area contributed by atoms with Gasteiger partial charge in [0, 0.05) is 12.6 Å². The number of hydrogen-bond donors (Lipinski definition) is 2. The Morgan fingerprint density at radius 3 is 2.47 bits per heavy atom. The topological polar surface area (TPSA) is 78.5 Å². The molecule has 0 radical (unpaired) electrons. The maximum atomic E-state index is 12.2. The number of hydrogen-bond acceptors (Lipinski definition) is 4. The Bertz CT molecular complexity index is 353. The van der Waals surface area contributed by atoms with Crippen molar-refractivity contribution < 1.29 is 14.4 Å². The fourth-order valence-electron chi connectivity index (χ4n) is 2.32. The third-order valence-corrected chi connectivity index (χ3v) is 3.37. The molecule has 1 rings (SSSR count). The van der Waals surface area contributed by atoms with E-state index in [1.165, 1.54) is 4.90 Å². The van der Waals surface area contributed by atoms with Crippen LogP contribution >= 0.6 is 0 Å². The first kappa shape index (κ1) is 15.6. The van der Waals surface area contributed by atoms with Gasteiger partial charge in [0.25, 0.3) is 0 Å². The first-order valence-corrected chi connectivity index (χ1v) is 6.91. The van der Waals surface area contributed by atoms with Crippen molar-refractivity contribution in [1.29, 1.82) is 0 Å². The minimum Gasteiger partial charge on any atom is -0.355 e. The van der Waals surface area contributed by atoms with Crippen molar-refractivity contribution in [1.82, 2.24) is 15.5 Å². The molecule has 1 fully saturated rings. The summed E-state index contributed by atoms with van der Waals surface area (Å²) in [7, 11) is 0. The van der Waals surface area contributed by atoms with Gasteiger partial charge in [-0.1, -0.05) is 13.8 Å². The van der Waals surface area contributed by atoms with Gasteiger partial charge in [-0.25, -0.2) is 0 Å². The fraction of sp³-hybridized carbons (Fsp3) is 0.769. The SMILES string of the molecule is CCNC(=O)CNC1CC(=O)N(C(CC)CC)C1=O. The normalized spacial score (nSPS) is 19.4. The van der Waals surface area contributed by atoms with Crippen LogP contribution in [0, 0.1) is 0 Å². The third kappa shape index (κ3) is 3.76. The molecule has 0 aromatic heterocycles. The van der Waals surface area contributed by atoms with E-state index in [1.807, 2.05) is 20.8 Å². The minimum absolute atomic E-state index is 0.0312. The first-order valence-electron chi connectivity index (χ1n) is 6.91. The van der Waals surface area contributed by atoms with E-state index in [9.17, 15) is 14.4 Å². The maximum Gasteiger partial charge on any atom is 0.247 e. The average Bonchev–Trinajstić information content (AvgIpc) is 2.66. The number of carbonyl (C=O) groups excluding carboxylic acids is 3. The number of likely N-dealkylation sites (N-methyl/N-ethyl adjacent to an activating group) is 1. The Hall–Kier alpha value is -1.43. The number of likely N-dealkylation sites (tertiary alicyclic amines) is 1. The molecule has 0 aliphatic carbocycles. The molecule has 1 saturated heterocycles. The zero-order valence-corrected chi connectivity index (χ0v) is 11.9. The van der Waals surface area contributed by atoms with Crippen LogP contribution < -0.4 is 10.6 Å². The number of carbonyl (C=O) groups is 3. The van der Waals surface area contributed by atoms with Crippen molar-refractivity contribution in [2.45, 2.75) is 52.1 Å². The molecule has 1 aliphatic rings. The highest BCUT2D eigenvalue weighted by Gasteiger charge is 2.41. The Morgan fingerprint density at radius 2 is 1.95 bits per heavy atom. The van der Waals surface area contributed by atoms with Gasteiger partial charge < -0.3 is 5.32 Å². The maximum absolute atomic E-state index is 12.2. The zero-order chi connectivity index (χ0) is 14.4. The quantitative estimate of drug-likeness (QED) is 0.639. The lowest BCUT2D eigenvalue weighted by Gasteiger charge is -2.24. The average molecular weight is 269 g/mol. The summed E-state index contributed by atoms with van der Waals surface area (Å²) in [6.07, 6.45) is 1.67. The van der Waals surface area contributed by atoms with Crippen LogP contribution in [0.3, 0.4) is 0 Å². The standard InChI is InChI=1S/C13H23N3O3/c1-4-9(5-2)16-12(18)7-10(13(16)19)15-8-11(17)14-6-3/h9-10,15H,4-8H2,1-3H3,(H,14,17). The number of rotatable bonds is 7. The molecule has 1 unspecified atom stereocenters. The van der Waals surface area contributed by atoms with Gasteiger partial charge in [0.2, 0.25) is 17.7 Å².